The summed E-state index contributed by atoms with van der Waals surface area (Å²) in [6, 6.07) is 0. The van der Waals surface area contributed by atoms with Gasteiger partial charge < -0.3 is 4.99 Å². The molecule has 121 valence electrons. The zero-order valence-electron chi connectivity index (χ0n) is 13.0. The molecule has 0 N–H and O–H groups in total. The SMILES string of the molecule is [C-]1=CC2=NC1=CC1=NC(=CC3=NC(=CC4=NC(=C2)C=C4)C=C3)C=C1.[Co]. The minimum Gasteiger partial charge on any atom is -0.339 e. The molecule has 5 heteroatoms. The molecular weight excluding hydrogens is 355 g/mol. The number of hydrogen-bond acceptors (Lipinski definition) is 4. The number of aliphatic imine (C=N–C) groups is 4. The number of fused-ring (bicyclic) bond motifs is 4. The van der Waals surface area contributed by atoms with Crippen molar-refractivity contribution in [3.63, 3.8) is 0 Å². The van der Waals surface area contributed by atoms with Crippen molar-refractivity contribution < 1.29 is 16.8 Å². The molecule has 0 aliphatic carbocycles. The first-order valence-electron chi connectivity index (χ1n) is 7.66. The average Bonchev–Trinajstić information content (AvgIpc) is 3.32. The molecule has 25 heavy (non-hydrogen) atoms. The average molecular weight is 366 g/mol. The number of nitrogens with zero attached hydrogens (tertiary/aromatic N) is 4. The van der Waals surface area contributed by atoms with E-state index in [4.69, 9.17) is 0 Å². The van der Waals surface area contributed by atoms with Crippen LogP contribution in [0.1, 0.15) is 0 Å². The molecule has 0 aromatic rings. The minimum atomic E-state index is 0. The van der Waals surface area contributed by atoms with Gasteiger partial charge in [0.2, 0.25) is 0 Å². The molecule has 0 aromatic carbocycles. The fourth-order valence-electron chi connectivity index (χ4n) is 2.76. The third kappa shape index (κ3) is 3.20. The Kier molecular flexibility index (Phi) is 3.87. The van der Waals surface area contributed by atoms with Crippen LogP contribution in [0.5, 0.6) is 0 Å². The van der Waals surface area contributed by atoms with Gasteiger partial charge in [-0.3, -0.25) is 9.98 Å². The van der Waals surface area contributed by atoms with E-state index in [1.165, 1.54) is 0 Å². The summed E-state index contributed by atoms with van der Waals surface area (Å²) in [6.07, 6.45) is 24.7. The van der Waals surface area contributed by atoms with Crippen molar-refractivity contribution >= 4 is 22.8 Å². The van der Waals surface area contributed by atoms with Crippen LogP contribution in [-0.2, 0) is 16.8 Å². The van der Waals surface area contributed by atoms with Crippen molar-refractivity contribution in [2.24, 2.45) is 20.0 Å². The van der Waals surface area contributed by atoms with Gasteiger partial charge in [-0.1, -0.05) is 11.8 Å². The Labute approximate surface area is 155 Å². The summed E-state index contributed by atoms with van der Waals surface area (Å²) in [6.45, 7) is 0. The van der Waals surface area contributed by atoms with Crippen molar-refractivity contribution in [1.82, 2.24) is 0 Å². The summed E-state index contributed by atoms with van der Waals surface area (Å²) in [5.41, 5.74) is 6.88. The second-order valence-corrected chi connectivity index (χ2v) is 5.67. The summed E-state index contributed by atoms with van der Waals surface area (Å²) in [7, 11) is 0. The van der Waals surface area contributed by atoms with E-state index in [2.05, 4.69) is 26.0 Å². The molecule has 0 spiro atoms. The van der Waals surface area contributed by atoms with Crippen molar-refractivity contribution in [2.75, 3.05) is 0 Å². The maximum absolute atomic E-state index is 4.59. The summed E-state index contributed by atoms with van der Waals surface area (Å²) in [5, 5.41) is 0. The van der Waals surface area contributed by atoms with Gasteiger partial charge in [0.1, 0.15) is 0 Å². The molecule has 4 nitrogen and oxygen atoms in total. The first-order valence-corrected chi connectivity index (χ1v) is 7.66. The molecule has 0 aromatic heterocycles. The molecule has 0 saturated heterocycles. The van der Waals surface area contributed by atoms with E-state index in [-0.39, 0.29) is 16.8 Å². The minimum absolute atomic E-state index is 0. The van der Waals surface area contributed by atoms with Gasteiger partial charge in [-0.15, -0.1) is 12.2 Å². The number of rotatable bonds is 0. The molecule has 5 aliphatic heterocycles. The Morgan fingerprint density at radius 3 is 1.56 bits per heavy atom. The van der Waals surface area contributed by atoms with E-state index in [1.807, 2.05) is 66.8 Å². The fourth-order valence-corrected chi connectivity index (χ4v) is 2.76. The van der Waals surface area contributed by atoms with Crippen LogP contribution in [0, 0.1) is 6.08 Å². The summed E-state index contributed by atoms with van der Waals surface area (Å²) in [4.78, 5) is 18.3. The van der Waals surface area contributed by atoms with Gasteiger partial charge in [0.15, 0.2) is 0 Å². The molecule has 0 fully saturated rings. The molecule has 0 saturated carbocycles. The van der Waals surface area contributed by atoms with Gasteiger partial charge >= 0.3 is 0 Å². The Balaban J connectivity index is 0.00000157. The second kappa shape index (κ2) is 6.20. The predicted molar refractivity (Wildman–Crippen MR) is 97.3 cm³/mol. The van der Waals surface area contributed by atoms with Gasteiger partial charge in [0.25, 0.3) is 0 Å². The molecule has 1 radical (unpaired) electrons. The first kappa shape index (κ1) is 15.6. The van der Waals surface area contributed by atoms with E-state index in [9.17, 15) is 0 Å². The van der Waals surface area contributed by atoms with Gasteiger partial charge in [-0.2, -0.15) is 6.08 Å². The third-order valence-electron chi connectivity index (χ3n) is 3.84. The smallest absolute Gasteiger partial charge is 0.0659 e. The van der Waals surface area contributed by atoms with E-state index < -0.39 is 0 Å². The summed E-state index contributed by atoms with van der Waals surface area (Å²) in [5.74, 6) is 0. The maximum atomic E-state index is 4.59. The van der Waals surface area contributed by atoms with Crippen molar-refractivity contribution in [3.05, 3.63) is 95.7 Å². The standard InChI is InChI=1S/C20H11N4.Co/c1-2-14-10-16-5-6-18(23-16)12-20-8-7-19(24-20)11-17-4-3-15(22-17)9-13(1)21-14;/h1-7,9-12H;/q-1;. The summed E-state index contributed by atoms with van der Waals surface area (Å²) < 4.78 is 0. The van der Waals surface area contributed by atoms with Crippen LogP contribution in [0.2, 0.25) is 0 Å². The Morgan fingerprint density at radius 1 is 0.520 bits per heavy atom. The van der Waals surface area contributed by atoms with Crippen LogP contribution >= 0.6 is 0 Å². The van der Waals surface area contributed by atoms with Crippen molar-refractivity contribution in [3.8, 4) is 0 Å². The molecule has 8 bridgehead atoms. The molecule has 0 amide bonds. The predicted octanol–water partition coefficient (Wildman–Crippen LogP) is 3.38. The van der Waals surface area contributed by atoms with Crippen LogP contribution < -0.4 is 0 Å². The van der Waals surface area contributed by atoms with E-state index in [0.29, 0.717) is 0 Å². The van der Waals surface area contributed by atoms with Gasteiger partial charge in [0.05, 0.1) is 28.5 Å². The van der Waals surface area contributed by atoms with E-state index in [1.54, 1.807) is 0 Å². The molecule has 5 heterocycles. The second-order valence-electron chi connectivity index (χ2n) is 5.67. The number of hydrogen-bond donors (Lipinski definition) is 0. The molecule has 0 unspecified atom stereocenters. The Hall–Kier alpha value is -2.89. The third-order valence-corrected chi connectivity index (χ3v) is 3.84. The molecule has 0 atom stereocenters. The van der Waals surface area contributed by atoms with Crippen LogP contribution in [0.25, 0.3) is 0 Å². The van der Waals surface area contributed by atoms with Crippen molar-refractivity contribution in [1.29, 1.82) is 0 Å². The van der Waals surface area contributed by atoms with Gasteiger partial charge in [-0.05, 0) is 54.3 Å². The van der Waals surface area contributed by atoms with Crippen LogP contribution in [-0.4, -0.2) is 22.8 Å². The van der Waals surface area contributed by atoms with Crippen LogP contribution in [0.3, 0.4) is 0 Å². The fraction of sp³-hybridized carbons (Fsp3) is 0. The summed E-state index contributed by atoms with van der Waals surface area (Å²) >= 11 is 0. The molecule has 5 aliphatic rings. The number of allylic oxidation sites excluding steroid dienone is 12. The topological polar surface area (TPSA) is 49.4 Å². The first-order chi connectivity index (χ1) is 11.8. The zero-order valence-corrected chi connectivity index (χ0v) is 14.0. The molecule has 5 rings (SSSR count). The Bertz CT molecular complexity index is 848. The largest absolute Gasteiger partial charge is 0.339 e. The van der Waals surface area contributed by atoms with Gasteiger partial charge in [0, 0.05) is 22.5 Å². The van der Waals surface area contributed by atoms with E-state index >= 15 is 0 Å². The Morgan fingerprint density at radius 2 is 1.00 bits per heavy atom. The maximum Gasteiger partial charge on any atom is 0.0659 e. The van der Waals surface area contributed by atoms with Gasteiger partial charge in [-0.25, -0.2) is 4.99 Å². The van der Waals surface area contributed by atoms with E-state index in [0.717, 1.165) is 45.6 Å². The van der Waals surface area contributed by atoms with Crippen LogP contribution in [0.4, 0.5) is 0 Å². The molecular formula is C20H11CoN4-. The van der Waals surface area contributed by atoms with Crippen LogP contribution in [0.15, 0.2) is 110 Å². The zero-order chi connectivity index (χ0) is 15.9. The normalized spacial score (nSPS) is 21.8. The van der Waals surface area contributed by atoms with Crippen molar-refractivity contribution in [2.45, 2.75) is 0 Å². The monoisotopic (exact) mass is 366 g/mol. The quantitative estimate of drug-likeness (QED) is 0.591.